The fraction of sp³-hybridized carbons (Fsp3) is 0.263. The van der Waals surface area contributed by atoms with Crippen LogP contribution in [0.5, 0.6) is 0 Å². The number of carbonyl (C=O) groups is 2. The number of pyridine rings is 1. The molecule has 2 N–H and O–H groups in total. The molecule has 1 unspecified atom stereocenters. The number of aromatic nitrogens is 3. The predicted octanol–water partition coefficient (Wildman–Crippen LogP) is 1.82. The lowest BCUT2D eigenvalue weighted by molar-refractivity contribution is -0.122. The summed E-state index contributed by atoms with van der Waals surface area (Å²) in [5.41, 5.74) is 8.22. The smallest absolute Gasteiger partial charge is 0.255 e. The van der Waals surface area contributed by atoms with Crippen LogP contribution in [0.15, 0.2) is 48.9 Å². The monoisotopic (exact) mass is 351 g/mol. The van der Waals surface area contributed by atoms with Gasteiger partial charge in [-0.05, 0) is 18.1 Å². The molecule has 0 fully saturated rings. The van der Waals surface area contributed by atoms with E-state index < -0.39 is 11.9 Å². The number of nitrogens with two attached hydrogens (primary N) is 1. The van der Waals surface area contributed by atoms with Crippen LogP contribution in [0.25, 0.3) is 11.2 Å². The summed E-state index contributed by atoms with van der Waals surface area (Å²) in [5.74, 6) is -0.827. The number of rotatable bonds is 6. The molecule has 0 aliphatic rings. The zero-order valence-corrected chi connectivity index (χ0v) is 14.8. The van der Waals surface area contributed by atoms with Gasteiger partial charge in [-0.1, -0.05) is 37.3 Å². The van der Waals surface area contributed by atoms with Crippen LogP contribution in [0.2, 0.25) is 0 Å². The van der Waals surface area contributed by atoms with Crippen LogP contribution in [0.4, 0.5) is 0 Å². The number of fused-ring (bicyclic) bond motifs is 1. The highest BCUT2D eigenvalue weighted by atomic mass is 16.2. The molecule has 134 valence electrons. The van der Waals surface area contributed by atoms with E-state index in [1.165, 1.54) is 11.1 Å². The number of benzene rings is 1. The number of primary amides is 1. The largest absolute Gasteiger partial charge is 0.368 e. The minimum atomic E-state index is -0.645. The molecular formula is C19H21N5O2. The van der Waals surface area contributed by atoms with Crippen LogP contribution in [0, 0.1) is 0 Å². The molecule has 2 heterocycles. The molecule has 2 amide bonds. The van der Waals surface area contributed by atoms with Crippen molar-refractivity contribution in [3.05, 3.63) is 60.0 Å². The van der Waals surface area contributed by atoms with E-state index in [1.54, 1.807) is 19.4 Å². The van der Waals surface area contributed by atoms with E-state index >= 15 is 0 Å². The molecule has 1 atom stereocenters. The Kier molecular flexibility index (Phi) is 4.97. The maximum atomic E-state index is 12.6. The first-order chi connectivity index (χ1) is 12.5. The summed E-state index contributed by atoms with van der Waals surface area (Å²) in [4.78, 5) is 34.2. The lowest BCUT2D eigenvalue weighted by atomic mass is 10.1. The highest BCUT2D eigenvalue weighted by Gasteiger charge is 2.24. The maximum Gasteiger partial charge on any atom is 0.255 e. The Morgan fingerprint density at radius 3 is 2.62 bits per heavy atom. The van der Waals surface area contributed by atoms with Gasteiger partial charge in [0.05, 0.1) is 18.4 Å². The Morgan fingerprint density at radius 2 is 1.96 bits per heavy atom. The van der Waals surface area contributed by atoms with Crippen LogP contribution < -0.4 is 5.73 Å². The molecule has 0 spiro atoms. The average molecular weight is 351 g/mol. The van der Waals surface area contributed by atoms with E-state index in [0.29, 0.717) is 29.7 Å². The highest BCUT2D eigenvalue weighted by Crippen LogP contribution is 2.16. The van der Waals surface area contributed by atoms with Gasteiger partial charge in [-0.2, -0.15) is 0 Å². The van der Waals surface area contributed by atoms with Gasteiger partial charge in [0.1, 0.15) is 11.6 Å². The van der Waals surface area contributed by atoms with Crippen LogP contribution in [0.3, 0.4) is 0 Å². The molecular weight excluding hydrogens is 330 g/mol. The van der Waals surface area contributed by atoms with Crippen LogP contribution in [-0.2, 0) is 11.3 Å². The second kappa shape index (κ2) is 7.35. The molecule has 0 radical (unpaired) electrons. The summed E-state index contributed by atoms with van der Waals surface area (Å²) >= 11 is 0. The zero-order valence-electron chi connectivity index (χ0n) is 14.8. The normalized spacial score (nSPS) is 12.1. The van der Waals surface area contributed by atoms with Crippen molar-refractivity contribution in [3.63, 3.8) is 0 Å². The molecule has 7 heteroatoms. The number of hydrogen-bond acceptors (Lipinski definition) is 4. The van der Waals surface area contributed by atoms with Gasteiger partial charge in [0, 0.05) is 13.2 Å². The van der Waals surface area contributed by atoms with Gasteiger partial charge in [0.2, 0.25) is 5.91 Å². The second-order valence-corrected chi connectivity index (χ2v) is 6.17. The quantitative estimate of drug-likeness (QED) is 0.733. The molecule has 0 saturated carbocycles. The van der Waals surface area contributed by atoms with Gasteiger partial charge in [0.25, 0.3) is 5.91 Å². The first kappa shape index (κ1) is 17.6. The van der Waals surface area contributed by atoms with Gasteiger partial charge in [-0.15, -0.1) is 0 Å². The molecule has 0 aliphatic carbocycles. The standard InChI is InChI=1S/C19H21N5O2/c1-3-16(17(20)25)23(2)19(26)14-9-15-18(21-10-14)24(12-22-15)11-13-7-5-4-6-8-13/h4-10,12,16H,3,11H2,1-2H3,(H2,20,25). The molecule has 3 aromatic rings. The molecule has 2 aromatic heterocycles. The van der Waals surface area contributed by atoms with Gasteiger partial charge in [0.15, 0.2) is 5.65 Å². The van der Waals surface area contributed by atoms with Crippen molar-refractivity contribution in [2.75, 3.05) is 7.05 Å². The first-order valence-corrected chi connectivity index (χ1v) is 8.42. The number of imidazole rings is 1. The molecule has 1 aromatic carbocycles. The summed E-state index contributed by atoms with van der Waals surface area (Å²) in [6.07, 6.45) is 3.68. The number of nitrogens with zero attached hydrogens (tertiary/aromatic N) is 4. The zero-order chi connectivity index (χ0) is 18.7. The van der Waals surface area contributed by atoms with E-state index in [2.05, 4.69) is 9.97 Å². The van der Waals surface area contributed by atoms with Crippen LogP contribution in [-0.4, -0.2) is 44.3 Å². The topological polar surface area (TPSA) is 94.1 Å². The Balaban J connectivity index is 1.86. The second-order valence-electron chi connectivity index (χ2n) is 6.17. The molecule has 3 rings (SSSR count). The van der Waals surface area contributed by atoms with Crippen molar-refractivity contribution >= 4 is 23.0 Å². The van der Waals surface area contributed by atoms with Crippen molar-refractivity contribution < 1.29 is 9.59 Å². The lowest BCUT2D eigenvalue weighted by Crippen LogP contribution is -2.45. The first-order valence-electron chi connectivity index (χ1n) is 8.42. The average Bonchev–Trinajstić information content (AvgIpc) is 3.04. The summed E-state index contributed by atoms with van der Waals surface area (Å²) in [5, 5.41) is 0. The maximum absolute atomic E-state index is 12.6. The summed E-state index contributed by atoms with van der Waals surface area (Å²) < 4.78 is 1.93. The van der Waals surface area contributed by atoms with E-state index in [-0.39, 0.29) is 5.91 Å². The number of carbonyl (C=O) groups excluding carboxylic acids is 2. The number of hydrogen-bond donors (Lipinski definition) is 1. The van der Waals surface area contributed by atoms with E-state index in [9.17, 15) is 9.59 Å². The van der Waals surface area contributed by atoms with E-state index in [1.807, 2.05) is 41.8 Å². The Morgan fingerprint density at radius 1 is 1.23 bits per heavy atom. The minimum absolute atomic E-state index is 0.303. The summed E-state index contributed by atoms with van der Waals surface area (Å²) in [6, 6.07) is 11.1. The van der Waals surface area contributed by atoms with Crippen molar-refractivity contribution in [1.29, 1.82) is 0 Å². The highest BCUT2D eigenvalue weighted by molar-refractivity contribution is 5.98. The summed E-state index contributed by atoms with van der Waals surface area (Å²) in [7, 11) is 1.57. The van der Waals surface area contributed by atoms with Crippen molar-refractivity contribution in [1.82, 2.24) is 19.4 Å². The van der Waals surface area contributed by atoms with E-state index in [4.69, 9.17) is 5.73 Å². The number of likely N-dealkylation sites (N-methyl/N-ethyl adjacent to an activating group) is 1. The van der Waals surface area contributed by atoms with Crippen molar-refractivity contribution in [2.45, 2.75) is 25.9 Å². The number of amides is 2. The Bertz CT molecular complexity index is 936. The Labute approximate surface area is 151 Å². The van der Waals surface area contributed by atoms with Gasteiger partial charge < -0.3 is 15.2 Å². The predicted molar refractivity (Wildman–Crippen MR) is 98.4 cm³/mol. The van der Waals surface area contributed by atoms with Crippen molar-refractivity contribution in [3.8, 4) is 0 Å². The third kappa shape index (κ3) is 3.42. The van der Waals surface area contributed by atoms with Crippen molar-refractivity contribution in [2.24, 2.45) is 5.73 Å². The van der Waals surface area contributed by atoms with E-state index in [0.717, 1.165) is 5.56 Å². The van der Waals surface area contributed by atoms with Gasteiger partial charge in [-0.25, -0.2) is 9.97 Å². The Hall–Kier alpha value is -3.22. The fourth-order valence-corrected chi connectivity index (χ4v) is 2.97. The third-order valence-corrected chi connectivity index (χ3v) is 4.40. The molecule has 7 nitrogen and oxygen atoms in total. The fourth-order valence-electron chi connectivity index (χ4n) is 2.97. The van der Waals surface area contributed by atoms with Crippen LogP contribution >= 0.6 is 0 Å². The molecule has 0 saturated heterocycles. The van der Waals surface area contributed by atoms with Gasteiger partial charge >= 0.3 is 0 Å². The minimum Gasteiger partial charge on any atom is -0.368 e. The third-order valence-electron chi connectivity index (χ3n) is 4.40. The van der Waals surface area contributed by atoms with Gasteiger partial charge in [-0.3, -0.25) is 9.59 Å². The molecule has 0 bridgehead atoms. The lowest BCUT2D eigenvalue weighted by Gasteiger charge is -2.24. The van der Waals surface area contributed by atoms with Crippen LogP contribution in [0.1, 0.15) is 29.3 Å². The SMILES string of the molecule is CCC(C(N)=O)N(C)C(=O)c1cnc2c(c1)ncn2Cc1ccccc1. The molecule has 26 heavy (non-hydrogen) atoms. The molecule has 0 aliphatic heterocycles. The summed E-state index contributed by atoms with van der Waals surface area (Å²) in [6.45, 7) is 2.46.